The molecule has 0 saturated carbocycles. The Balaban J connectivity index is 2.00. The molecule has 1 aliphatic rings. The number of hydrogen-bond donors (Lipinski definition) is 0. The van der Waals surface area contributed by atoms with Crippen LogP contribution in [0, 0.1) is 0 Å². The van der Waals surface area contributed by atoms with Crippen LogP contribution in [0.1, 0.15) is 12.5 Å². The molecule has 0 aromatic heterocycles. The molecule has 1 aromatic rings. The Bertz CT molecular complexity index is 584. The van der Waals surface area contributed by atoms with Gasteiger partial charge in [0.15, 0.2) is 0 Å². The lowest BCUT2D eigenvalue weighted by molar-refractivity contribution is 0.180. The highest BCUT2D eigenvalue weighted by atomic mass is 79.9. The Morgan fingerprint density at radius 3 is 2.48 bits per heavy atom. The summed E-state index contributed by atoms with van der Waals surface area (Å²) in [6, 6.07) is 5.94. The molecule has 0 amide bonds. The lowest BCUT2D eigenvalue weighted by Crippen LogP contribution is -2.48. The minimum atomic E-state index is -3.06. The van der Waals surface area contributed by atoms with Gasteiger partial charge in [0, 0.05) is 42.8 Å². The van der Waals surface area contributed by atoms with Crippen LogP contribution in [0.4, 0.5) is 0 Å². The SMILES string of the molecule is CCS(=O)(=O)N1CCN(Cc2cc(Br)ccc2OC)CC1. The zero-order valence-corrected chi connectivity index (χ0v) is 14.8. The molecular formula is C14H21BrN2O3S. The Hall–Kier alpha value is -0.630. The Morgan fingerprint density at radius 1 is 1.24 bits per heavy atom. The minimum Gasteiger partial charge on any atom is -0.496 e. The van der Waals surface area contributed by atoms with Crippen molar-refractivity contribution in [3.05, 3.63) is 28.2 Å². The number of piperazine rings is 1. The summed E-state index contributed by atoms with van der Waals surface area (Å²) in [4.78, 5) is 2.26. The maximum absolute atomic E-state index is 11.8. The first-order valence-electron chi connectivity index (χ1n) is 6.99. The molecule has 1 aliphatic heterocycles. The van der Waals surface area contributed by atoms with E-state index >= 15 is 0 Å². The van der Waals surface area contributed by atoms with Crippen LogP contribution < -0.4 is 4.74 Å². The number of sulfonamides is 1. The highest BCUT2D eigenvalue weighted by molar-refractivity contribution is 9.10. The molecule has 21 heavy (non-hydrogen) atoms. The Morgan fingerprint density at radius 2 is 1.90 bits per heavy atom. The first-order valence-corrected chi connectivity index (χ1v) is 9.39. The molecule has 0 aliphatic carbocycles. The summed E-state index contributed by atoms with van der Waals surface area (Å²) in [7, 11) is -1.40. The monoisotopic (exact) mass is 376 g/mol. The summed E-state index contributed by atoms with van der Waals surface area (Å²) in [6.45, 7) is 5.07. The van der Waals surface area contributed by atoms with Crippen LogP contribution >= 0.6 is 15.9 Å². The molecule has 5 nitrogen and oxygen atoms in total. The minimum absolute atomic E-state index is 0.173. The molecule has 0 bridgehead atoms. The van der Waals surface area contributed by atoms with Crippen molar-refractivity contribution in [1.29, 1.82) is 0 Å². The van der Waals surface area contributed by atoms with E-state index in [1.54, 1.807) is 18.3 Å². The van der Waals surface area contributed by atoms with Gasteiger partial charge in [0.25, 0.3) is 0 Å². The number of nitrogens with zero attached hydrogens (tertiary/aromatic N) is 2. The van der Waals surface area contributed by atoms with Crippen LogP contribution in [0.25, 0.3) is 0 Å². The third-order valence-corrected chi connectivity index (χ3v) is 6.10. The number of ether oxygens (including phenoxy) is 1. The van der Waals surface area contributed by atoms with Gasteiger partial charge in [-0.25, -0.2) is 8.42 Å². The first kappa shape index (κ1) is 16.7. The maximum Gasteiger partial charge on any atom is 0.213 e. The number of hydrogen-bond acceptors (Lipinski definition) is 4. The highest BCUT2D eigenvalue weighted by Gasteiger charge is 2.25. The third-order valence-electron chi connectivity index (χ3n) is 3.73. The molecular weight excluding hydrogens is 356 g/mol. The van der Waals surface area contributed by atoms with Gasteiger partial charge in [-0.05, 0) is 25.1 Å². The van der Waals surface area contributed by atoms with Crippen LogP contribution in [-0.4, -0.2) is 56.7 Å². The Kier molecular flexibility index (Phi) is 5.65. The average molecular weight is 377 g/mol. The number of benzene rings is 1. The summed E-state index contributed by atoms with van der Waals surface area (Å²) in [5.41, 5.74) is 1.11. The van der Waals surface area contributed by atoms with Gasteiger partial charge in [-0.15, -0.1) is 0 Å². The molecule has 1 aromatic carbocycles. The average Bonchev–Trinajstić information content (AvgIpc) is 2.48. The lowest BCUT2D eigenvalue weighted by Gasteiger charge is -2.34. The second kappa shape index (κ2) is 7.09. The van der Waals surface area contributed by atoms with E-state index in [0.717, 1.165) is 35.4 Å². The number of methoxy groups -OCH3 is 1. The van der Waals surface area contributed by atoms with Gasteiger partial charge in [0.1, 0.15) is 5.75 Å². The molecule has 0 atom stereocenters. The normalized spacial score (nSPS) is 17.9. The van der Waals surface area contributed by atoms with Crippen LogP contribution in [-0.2, 0) is 16.6 Å². The molecule has 118 valence electrons. The fourth-order valence-corrected chi connectivity index (χ4v) is 3.95. The fraction of sp³-hybridized carbons (Fsp3) is 0.571. The number of halogens is 1. The zero-order valence-electron chi connectivity index (χ0n) is 12.4. The van der Waals surface area contributed by atoms with Crippen molar-refractivity contribution < 1.29 is 13.2 Å². The summed E-state index contributed by atoms with van der Waals surface area (Å²) in [5, 5.41) is 0. The quantitative estimate of drug-likeness (QED) is 0.787. The van der Waals surface area contributed by atoms with Crippen molar-refractivity contribution in [1.82, 2.24) is 9.21 Å². The molecule has 1 fully saturated rings. The lowest BCUT2D eigenvalue weighted by atomic mass is 10.2. The molecule has 0 radical (unpaired) electrons. The molecule has 0 N–H and O–H groups in total. The van der Waals surface area contributed by atoms with Gasteiger partial charge in [0.05, 0.1) is 12.9 Å². The van der Waals surface area contributed by atoms with E-state index in [9.17, 15) is 8.42 Å². The fourth-order valence-electron chi connectivity index (χ4n) is 2.46. The smallest absolute Gasteiger partial charge is 0.213 e. The molecule has 2 rings (SSSR count). The summed E-state index contributed by atoms with van der Waals surface area (Å²) in [5.74, 6) is 1.04. The predicted octanol–water partition coefficient (Wildman–Crippen LogP) is 1.92. The first-order chi connectivity index (χ1) is 9.96. The van der Waals surface area contributed by atoms with Crippen molar-refractivity contribution in [3.63, 3.8) is 0 Å². The van der Waals surface area contributed by atoms with E-state index in [2.05, 4.69) is 20.8 Å². The van der Waals surface area contributed by atoms with Gasteiger partial charge in [0.2, 0.25) is 10.0 Å². The second-order valence-electron chi connectivity index (χ2n) is 5.03. The van der Waals surface area contributed by atoms with Gasteiger partial charge in [-0.3, -0.25) is 4.90 Å². The van der Waals surface area contributed by atoms with E-state index in [0.29, 0.717) is 13.1 Å². The van der Waals surface area contributed by atoms with Crippen molar-refractivity contribution in [2.45, 2.75) is 13.5 Å². The molecule has 1 saturated heterocycles. The predicted molar refractivity (Wildman–Crippen MR) is 87.0 cm³/mol. The van der Waals surface area contributed by atoms with E-state index < -0.39 is 10.0 Å². The van der Waals surface area contributed by atoms with Crippen molar-refractivity contribution in [3.8, 4) is 5.75 Å². The van der Waals surface area contributed by atoms with Crippen molar-refractivity contribution >= 4 is 26.0 Å². The van der Waals surface area contributed by atoms with Gasteiger partial charge in [-0.2, -0.15) is 4.31 Å². The maximum atomic E-state index is 11.8. The van der Waals surface area contributed by atoms with Crippen LogP contribution in [0.2, 0.25) is 0 Å². The topological polar surface area (TPSA) is 49.9 Å². The molecule has 7 heteroatoms. The van der Waals surface area contributed by atoms with Gasteiger partial charge >= 0.3 is 0 Å². The molecule has 0 unspecified atom stereocenters. The second-order valence-corrected chi connectivity index (χ2v) is 8.21. The van der Waals surface area contributed by atoms with Crippen molar-refractivity contribution in [2.75, 3.05) is 39.0 Å². The number of rotatable bonds is 5. The van der Waals surface area contributed by atoms with Crippen molar-refractivity contribution in [2.24, 2.45) is 0 Å². The third kappa shape index (κ3) is 4.18. The van der Waals surface area contributed by atoms with Gasteiger partial charge in [-0.1, -0.05) is 15.9 Å². The van der Waals surface area contributed by atoms with E-state index in [4.69, 9.17) is 4.74 Å². The Labute approximate surface area is 135 Å². The standard InChI is InChI=1S/C14H21BrN2O3S/c1-3-21(18,19)17-8-6-16(7-9-17)11-12-10-13(15)4-5-14(12)20-2/h4-5,10H,3,6-9,11H2,1-2H3. The van der Waals surface area contributed by atoms with Crippen LogP contribution in [0.5, 0.6) is 5.75 Å². The van der Waals surface area contributed by atoms with E-state index in [-0.39, 0.29) is 5.75 Å². The van der Waals surface area contributed by atoms with Gasteiger partial charge < -0.3 is 4.74 Å². The largest absolute Gasteiger partial charge is 0.496 e. The molecule has 0 spiro atoms. The van der Waals surface area contributed by atoms with Crippen LogP contribution in [0.15, 0.2) is 22.7 Å². The summed E-state index contributed by atoms with van der Waals surface area (Å²) >= 11 is 3.47. The highest BCUT2D eigenvalue weighted by Crippen LogP contribution is 2.24. The summed E-state index contributed by atoms with van der Waals surface area (Å²) < 4.78 is 31.7. The van der Waals surface area contributed by atoms with E-state index in [1.165, 1.54) is 0 Å². The summed E-state index contributed by atoms with van der Waals surface area (Å²) in [6.07, 6.45) is 0. The van der Waals surface area contributed by atoms with Crippen LogP contribution in [0.3, 0.4) is 0 Å². The van der Waals surface area contributed by atoms with E-state index in [1.807, 2.05) is 18.2 Å². The molecule has 1 heterocycles. The zero-order chi connectivity index (χ0) is 15.5.